The Labute approximate surface area is 160 Å². The van der Waals surface area contributed by atoms with E-state index >= 15 is 0 Å². The summed E-state index contributed by atoms with van der Waals surface area (Å²) in [6.45, 7) is 6.61. The number of aliphatic hydroxyl groups excluding tert-OH is 2. The lowest BCUT2D eigenvalue weighted by Crippen LogP contribution is -2.40. The molecule has 8 nitrogen and oxygen atoms in total. The van der Waals surface area contributed by atoms with Crippen LogP contribution in [0, 0.1) is 5.21 Å². The van der Waals surface area contributed by atoms with E-state index in [4.69, 9.17) is 5.21 Å². The maximum atomic E-state index is 10.8. The van der Waals surface area contributed by atoms with Crippen molar-refractivity contribution in [1.29, 1.82) is 0 Å². The van der Waals surface area contributed by atoms with E-state index in [1.807, 2.05) is 13.0 Å². The number of aliphatic hydroxyl groups is 4. The molecule has 1 heterocycles. The van der Waals surface area contributed by atoms with Gasteiger partial charge in [-0.1, -0.05) is 11.6 Å². The van der Waals surface area contributed by atoms with Crippen LogP contribution in [0.3, 0.4) is 0 Å². The van der Waals surface area contributed by atoms with Crippen molar-refractivity contribution in [3.63, 3.8) is 0 Å². The fourth-order valence-corrected chi connectivity index (χ4v) is 2.69. The summed E-state index contributed by atoms with van der Waals surface area (Å²) in [6, 6.07) is 1.41. The number of nitrogens with zero attached hydrogens (tertiary/aromatic N) is 1. The number of H-pyrrole nitrogens is 1. The minimum atomic E-state index is -1.32. The molecule has 0 fully saturated rings. The first-order valence-corrected chi connectivity index (χ1v) is 9.13. The molecular weight excluding hydrogens is 352 g/mol. The highest BCUT2D eigenvalue weighted by Crippen LogP contribution is 2.23. The van der Waals surface area contributed by atoms with Gasteiger partial charge in [-0.3, -0.25) is 5.21 Å². The molecule has 0 bridgehead atoms. The molecule has 0 saturated heterocycles. The fourth-order valence-electron chi connectivity index (χ4n) is 2.69. The van der Waals surface area contributed by atoms with Gasteiger partial charge in [0.05, 0.1) is 23.4 Å². The number of allylic oxidation sites excluding steroid dienone is 2. The molecule has 1 aromatic heterocycles. The van der Waals surface area contributed by atoms with Crippen molar-refractivity contribution in [2.45, 2.75) is 83.2 Å². The number of aromatic amines is 1. The summed E-state index contributed by atoms with van der Waals surface area (Å²) < 4.78 is 0. The zero-order valence-electron chi connectivity index (χ0n) is 16.5. The Morgan fingerprint density at radius 3 is 2.41 bits per heavy atom. The standard InChI is InChI=1S/C19H33N2O6/c1-13(7-8-15(22)18(2,3)24)6-5-9-19(4,25)16(23)10-14-11-17(20-12-14)21(26)27/h6,11-12,15-16,20,22-26H,5,7-10H2,1-4H3/q-1/b13-6+/t15-,16+,19-/m0/s1. The summed E-state index contributed by atoms with van der Waals surface area (Å²) in [5.74, 6) is -0.0383. The van der Waals surface area contributed by atoms with Crippen molar-refractivity contribution in [2.75, 3.05) is 5.23 Å². The van der Waals surface area contributed by atoms with Crippen LogP contribution in [0.1, 0.15) is 58.9 Å². The molecule has 27 heavy (non-hydrogen) atoms. The van der Waals surface area contributed by atoms with Gasteiger partial charge in [0.25, 0.3) is 0 Å². The Morgan fingerprint density at radius 2 is 1.89 bits per heavy atom. The first-order chi connectivity index (χ1) is 12.3. The third-order valence-corrected chi connectivity index (χ3v) is 4.85. The molecule has 0 radical (unpaired) electrons. The topological polar surface area (TPSA) is 143 Å². The van der Waals surface area contributed by atoms with Crippen LogP contribution < -0.4 is 5.23 Å². The summed E-state index contributed by atoms with van der Waals surface area (Å²) in [4.78, 5) is 2.58. The monoisotopic (exact) mass is 385 g/mol. The van der Waals surface area contributed by atoms with Gasteiger partial charge >= 0.3 is 0 Å². The zero-order valence-corrected chi connectivity index (χ0v) is 16.5. The Bertz CT molecular complexity index is 604. The number of hydrogen-bond donors (Lipinski definition) is 6. The van der Waals surface area contributed by atoms with Crippen LogP contribution in [0.25, 0.3) is 0 Å². The second-order valence-electron chi connectivity index (χ2n) is 8.04. The summed E-state index contributed by atoms with van der Waals surface area (Å²) in [5, 5.41) is 59.7. The molecule has 0 aliphatic heterocycles. The smallest absolute Gasteiger partial charge is 0.119 e. The van der Waals surface area contributed by atoms with Crippen molar-refractivity contribution in [3.8, 4) is 0 Å². The summed E-state index contributed by atoms with van der Waals surface area (Å²) in [5.41, 5.74) is -0.819. The quantitative estimate of drug-likeness (QED) is 0.252. The van der Waals surface area contributed by atoms with Crippen molar-refractivity contribution in [1.82, 2.24) is 4.98 Å². The second-order valence-corrected chi connectivity index (χ2v) is 8.04. The molecule has 1 rings (SSSR count). The predicted octanol–water partition coefficient (Wildman–Crippen LogP) is 2.00. The van der Waals surface area contributed by atoms with Crippen LogP contribution in [-0.2, 0) is 6.42 Å². The molecule has 0 aliphatic rings. The van der Waals surface area contributed by atoms with E-state index in [9.17, 15) is 25.6 Å². The largest absolute Gasteiger partial charge is 0.732 e. The minimum Gasteiger partial charge on any atom is -0.732 e. The summed E-state index contributed by atoms with van der Waals surface area (Å²) in [6.07, 6.45) is 3.71. The van der Waals surface area contributed by atoms with Crippen molar-refractivity contribution in [2.24, 2.45) is 0 Å². The van der Waals surface area contributed by atoms with Crippen molar-refractivity contribution >= 4 is 5.82 Å². The van der Waals surface area contributed by atoms with Crippen LogP contribution in [-0.4, -0.2) is 54.0 Å². The molecule has 0 unspecified atom stereocenters. The van der Waals surface area contributed by atoms with E-state index < -0.39 is 23.4 Å². The summed E-state index contributed by atoms with van der Waals surface area (Å²) in [7, 11) is 0. The molecule has 0 saturated carbocycles. The van der Waals surface area contributed by atoms with E-state index in [1.165, 1.54) is 12.3 Å². The van der Waals surface area contributed by atoms with Gasteiger partial charge in [0.2, 0.25) is 0 Å². The second kappa shape index (κ2) is 9.68. The van der Waals surface area contributed by atoms with Crippen LogP contribution in [0.4, 0.5) is 5.82 Å². The molecule has 156 valence electrons. The lowest BCUT2D eigenvalue weighted by molar-refractivity contribution is -0.0654. The van der Waals surface area contributed by atoms with Gasteiger partial charge in [0.15, 0.2) is 0 Å². The molecule has 1 aromatic rings. The Hall–Kier alpha value is -1.42. The molecular formula is C19H33N2O6-. The molecule has 3 atom stereocenters. The molecule has 0 aromatic carbocycles. The number of hydrogen-bond acceptors (Lipinski definition) is 7. The van der Waals surface area contributed by atoms with Gasteiger partial charge in [-0.25, -0.2) is 0 Å². The van der Waals surface area contributed by atoms with E-state index in [0.29, 0.717) is 31.2 Å². The van der Waals surface area contributed by atoms with Crippen molar-refractivity contribution < 1.29 is 25.6 Å². The fraction of sp³-hybridized carbons (Fsp3) is 0.684. The lowest BCUT2D eigenvalue weighted by atomic mass is 9.89. The Morgan fingerprint density at radius 1 is 1.26 bits per heavy atom. The first-order valence-electron chi connectivity index (χ1n) is 9.13. The van der Waals surface area contributed by atoms with Gasteiger partial charge in [0.1, 0.15) is 5.82 Å². The number of rotatable bonds is 11. The predicted molar refractivity (Wildman–Crippen MR) is 103 cm³/mol. The molecule has 0 spiro atoms. The average Bonchev–Trinajstić information content (AvgIpc) is 3.00. The molecule has 0 aliphatic carbocycles. The van der Waals surface area contributed by atoms with Crippen LogP contribution in [0.5, 0.6) is 0 Å². The molecule has 6 N–H and O–H groups in total. The van der Waals surface area contributed by atoms with Gasteiger partial charge < -0.3 is 35.8 Å². The highest BCUT2D eigenvalue weighted by molar-refractivity contribution is 5.40. The number of anilines is 1. The summed E-state index contributed by atoms with van der Waals surface area (Å²) >= 11 is 0. The molecule has 8 heteroatoms. The highest BCUT2D eigenvalue weighted by Gasteiger charge is 2.30. The van der Waals surface area contributed by atoms with Crippen LogP contribution >= 0.6 is 0 Å². The van der Waals surface area contributed by atoms with Crippen molar-refractivity contribution in [3.05, 3.63) is 34.7 Å². The maximum absolute atomic E-state index is 10.8. The van der Waals surface area contributed by atoms with Gasteiger partial charge in [0, 0.05) is 12.6 Å². The Balaban J connectivity index is 2.48. The van der Waals surface area contributed by atoms with E-state index in [0.717, 1.165) is 5.57 Å². The maximum Gasteiger partial charge on any atom is 0.119 e. The number of nitrogens with one attached hydrogen (secondary N) is 1. The van der Waals surface area contributed by atoms with Gasteiger partial charge in [-0.15, -0.1) is 0 Å². The Kier molecular flexibility index (Phi) is 8.47. The lowest BCUT2D eigenvalue weighted by Gasteiger charge is -2.29. The van der Waals surface area contributed by atoms with Crippen LogP contribution in [0.2, 0.25) is 0 Å². The minimum absolute atomic E-state index is 0.0383. The average molecular weight is 385 g/mol. The van der Waals surface area contributed by atoms with E-state index in [1.54, 1.807) is 20.8 Å². The zero-order chi connectivity index (χ0) is 20.8. The normalized spacial score (nSPS) is 17.5. The van der Waals surface area contributed by atoms with Gasteiger partial charge in [-0.05, 0) is 65.0 Å². The first kappa shape index (κ1) is 23.6. The van der Waals surface area contributed by atoms with E-state index in [2.05, 4.69) is 4.98 Å². The molecule has 0 amide bonds. The van der Waals surface area contributed by atoms with Gasteiger partial charge in [-0.2, -0.15) is 0 Å². The van der Waals surface area contributed by atoms with E-state index in [-0.39, 0.29) is 17.5 Å². The SMILES string of the molecule is C/C(=C\CC[C@](C)(O)[C@H](O)Cc1c[nH]c(N([O-])O)c1)CC[C@H](O)C(C)(C)O. The highest BCUT2D eigenvalue weighted by atomic mass is 16.8. The van der Waals surface area contributed by atoms with Crippen LogP contribution in [0.15, 0.2) is 23.9 Å². The number of aromatic nitrogens is 1. The third kappa shape index (κ3) is 8.00. The third-order valence-electron chi connectivity index (χ3n) is 4.85.